The molecule has 0 aliphatic carbocycles. The number of imide groups is 1. The van der Waals surface area contributed by atoms with Gasteiger partial charge in [-0.25, -0.2) is 0 Å². The van der Waals surface area contributed by atoms with Gasteiger partial charge in [-0.3, -0.25) is 14.5 Å². The van der Waals surface area contributed by atoms with Gasteiger partial charge >= 0.3 is 0 Å². The van der Waals surface area contributed by atoms with Gasteiger partial charge in [0.1, 0.15) is 11.5 Å². The summed E-state index contributed by atoms with van der Waals surface area (Å²) in [6.07, 6.45) is 5.68. The number of thioether (sulfide) groups is 1. The van der Waals surface area contributed by atoms with E-state index < -0.39 is 0 Å². The average molecular weight is 442 g/mol. The maximum absolute atomic E-state index is 13.2. The van der Waals surface area contributed by atoms with Crippen molar-refractivity contribution >= 4 is 29.1 Å². The quantitative estimate of drug-likeness (QED) is 0.303. The third kappa shape index (κ3) is 6.03. The van der Waals surface area contributed by atoms with Crippen LogP contribution in [-0.4, -0.2) is 29.9 Å². The Labute approximate surface area is 188 Å². The molecule has 3 rings (SSSR count). The van der Waals surface area contributed by atoms with Gasteiger partial charge in [0.25, 0.3) is 11.8 Å². The Kier molecular flexibility index (Phi) is 8.41. The van der Waals surface area contributed by atoms with Crippen LogP contribution in [0.15, 0.2) is 52.0 Å². The summed E-state index contributed by atoms with van der Waals surface area (Å²) in [5.41, 5.74) is 1.22. The molecule has 6 heteroatoms. The second kappa shape index (κ2) is 11.2. The predicted molar refractivity (Wildman–Crippen MR) is 125 cm³/mol. The number of unbranched alkanes of at least 4 members (excludes halogenated alkanes) is 3. The van der Waals surface area contributed by atoms with Crippen LogP contribution in [-0.2, 0) is 15.3 Å². The Morgan fingerprint density at radius 2 is 1.81 bits per heavy atom. The van der Waals surface area contributed by atoms with E-state index >= 15 is 0 Å². The zero-order chi connectivity index (χ0) is 22.2. The molecule has 0 unspecified atom stereocenters. The van der Waals surface area contributed by atoms with Crippen LogP contribution in [0.3, 0.4) is 0 Å². The van der Waals surface area contributed by atoms with E-state index in [0.717, 1.165) is 42.8 Å². The van der Waals surface area contributed by atoms with Gasteiger partial charge in [0.2, 0.25) is 0 Å². The van der Waals surface area contributed by atoms with Crippen molar-refractivity contribution in [2.45, 2.75) is 52.2 Å². The molecule has 1 aliphatic rings. The SMILES string of the molecule is CCCCCCN1C(=O)C(SCc2ccco2)=C(c2ccc(OCC(C)C)cc2)C1=O. The lowest BCUT2D eigenvalue weighted by atomic mass is 10.1. The summed E-state index contributed by atoms with van der Waals surface area (Å²) < 4.78 is 11.2. The molecular weight excluding hydrogens is 410 g/mol. The molecule has 1 aromatic heterocycles. The summed E-state index contributed by atoms with van der Waals surface area (Å²) in [6.45, 7) is 7.43. The van der Waals surface area contributed by atoms with Crippen LogP contribution in [0.5, 0.6) is 5.75 Å². The van der Waals surface area contributed by atoms with Gasteiger partial charge in [0.05, 0.1) is 29.1 Å². The smallest absolute Gasteiger partial charge is 0.267 e. The number of ether oxygens (including phenoxy) is 1. The van der Waals surface area contributed by atoms with Crippen LogP contribution < -0.4 is 4.74 Å². The van der Waals surface area contributed by atoms with E-state index in [-0.39, 0.29) is 11.8 Å². The normalized spacial score (nSPS) is 14.3. The molecule has 1 aromatic carbocycles. The molecule has 0 N–H and O–H groups in total. The summed E-state index contributed by atoms with van der Waals surface area (Å²) in [7, 11) is 0. The van der Waals surface area contributed by atoms with Crippen LogP contribution in [0.4, 0.5) is 0 Å². The van der Waals surface area contributed by atoms with Crippen molar-refractivity contribution in [3.63, 3.8) is 0 Å². The molecule has 166 valence electrons. The van der Waals surface area contributed by atoms with Gasteiger partial charge in [-0.2, -0.15) is 0 Å². The van der Waals surface area contributed by atoms with Crippen molar-refractivity contribution in [3.05, 3.63) is 58.9 Å². The number of amides is 2. The number of rotatable bonds is 12. The zero-order valence-corrected chi connectivity index (χ0v) is 19.4. The average Bonchev–Trinajstić information content (AvgIpc) is 3.36. The highest BCUT2D eigenvalue weighted by Gasteiger charge is 2.38. The van der Waals surface area contributed by atoms with Crippen molar-refractivity contribution in [1.82, 2.24) is 4.90 Å². The maximum atomic E-state index is 13.2. The standard InChI is InChI=1S/C25H31NO4S/c1-4-5-6-7-14-26-24(27)22(19-10-12-20(13-11-19)30-16-18(2)3)23(25(26)28)31-17-21-9-8-15-29-21/h8-13,15,18H,4-7,14,16-17H2,1-3H3. The zero-order valence-electron chi connectivity index (χ0n) is 18.6. The third-order valence-electron chi connectivity index (χ3n) is 5.03. The van der Waals surface area contributed by atoms with Crippen molar-refractivity contribution in [3.8, 4) is 5.75 Å². The van der Waals surface area contributed by atoms with E-state index in [1.165, 1.54) is 16.7 Å². The molecule has 0 saturated heterocycles. The molecule has 2 amide bonds. The Bertz CT molecular complexity index is 900. The first-order chi connectivity index (χ1) is 15.0. The summed E-state index contributed by atoms with van der Waals surface area (Å²) in [5, 5.41) is 0. The largest absolute Gasteiger partial charge is 0.493 e. The summed E-state index contributed by atoms with van der Waals surface area (Å²) >= 11 is 1.36. The van der Waals surface area contributed by atoms with Crippen molar-refractivity contribution < 1.29 is 18.7 Å². The van der Waals surface area contributed by atoms with Gasteiger partial charge in [-0.1, -0.05) is 52.2 Å². The Morgan fingerprint density at radius 1 is 1.03 bits per heavy atom. The van der Waals surface area contributed by atoms with E-state index in [1.807, 2.05) is 36.4 Å². The van der Waals surface area contributed by atoms with Gasteiger partial charge in [-0.05, 0) is 42.2 Å². The number of carbonyl (C=O) groups excluding carboxylic acids is 2. The first-order valence-electron chi connectivity index (χ1n) is 11.0. The highest BCUT2D eigenvalue weighted by molar-refractivity contribution is 8.03. The predicted octanol–water partition coefficient (Wildman–Crippen LogP) is 5.91. The molecule has 5 nitrogen and oxygen atoms in total. The summed E-state index contributed by atoms with van der Waals surface area (Å²) in [4.78, 5) is 28.3. The van der Waals surface area contributed by atoms with Crippen molar-refractivity contribution in [2.75, 3.05) is 13.2 Å². The number of benzene rings is 1. The fraction of sp³-hybridized carbons (Fsp3) is 0.440. The van der Waals surface area contributed by atoms with Gasteiger partial charge in [0.15, 0.2) is 0 Å². The van der Waals surface area contributed by atoms with Crippen molar-refractivity contribution in [2.24, 2.45) is 5.92 Å². The third-order valence-corrected chi connectivity index (χ3v) is 6.12. The lowest BCUT2D eigenvalue weighted by Crippen LogP contribution is -2.32. The van der Waals surface area contributed by atoms with E-state index in [2.05, 4.69) is 20.8 Å². The minimum Gasteiger partial charge on any atom is -0.493 e. The molecule has 1 aliphatic heterocycles. The first-order valence-corrected chi connectivity index (χ1v) is 12.0. The molecule has 0 atom stereocenters. The minimum atomic E-state index is -0.209. The number of hydrogen-bond donors (Lipinski definition) is 0. The number of nitrogens with zero attached hydrogens (tertiary/aromatic N) is 1. The van der Waals surface area contributed by atoms with E-state index in [0.29, 0.717) is 35.3 Å². The highest BCUT2D eigenvalue weighted by atomic mass is 32.2. The van der Waals surface area contributed by atoms with Gasteiger partial charge in [-0.15, -0.1) is 11.8 Å². The van der Waals surface area contributed by atoms with Crippen LogP contribution in [0.2, 0.25) is 0 Å². The summed E-state index contributed by atoms with van der Waals surface area (Å²) in [5.74, 6) is 2.06. The molecule has 2 heterocycles. The fourth-order valence-electron chi connectivity index (χ4n) is 3.36. The van der Waals surface area contributed by atoms with E-state index in [9.17, 15) is 9.59 Å². The Balaban J connectivity index is 1.81. The highest BCUT2D eigenvalue weighted by Crippen LogP contribution is 2.38. The fourth-order valence-corrected chi connectivity index (χ4v) is 4.39. The van der Waals surface area contributed by atoms with E-state index in [4.69, 9.17) is 9.15 Å². The van der Waals surface area contributed by atoms with Crippen LogP contribution >= 0.6 is 11.8 Å². The lowest BCUT2D eigenvalue weighted by molar-refractivity contribution is -0.136. The molecule has 31 heavy (non-hydrogen) atoms. The molecular formula is C25H31NO4S. The topological polar surface area (TPSA) is 59.8 Å². The molecule has 0 radical (unpaired) electrons. The molecule has 0 spiro atoms. The second-order valence-electron chi connectivity index (χ2n) is 8.12. The Morgan fingerprint density at radius 3 is 2.45 bits per heavy atom. The maximum Gasteiger partial charge on any atom is 0.267 e. The lowest BCUT2D eigenvalue weighted by Gasteiger charge is -2.15. The number of hydrogen-bond acceptors (Lipinski definition) is 5. The van der Waals surface area contributed by atoms with Gasteiger partial charge < -0.3 is 9.15 Å². The van der Waals surface area contributed by atoms with E-state index in [1.54, 1.807) is 6.26 Å². The van der Waals surface area contributed by atoms with Crippen LogP contribution in [0.1, 0.15) is 57.8 Å². The van der Waals surface area contributed by atoms with Crippen LogP contribution in [0.25, 0.3) is 5.57 Å². The van der Waals surface area contributed by atoms with Gasteiger partial charge in [0, 0.05) is 6.54 Å². The number of furan rings is 1. The first kappa shape index (κ1) is 23.2. The summed E-state index contributed by atoms with van der Waals surface area (Å²) in [6, 6.07) is 11.2. The molecule has 2 aromatic rings. The monoisotopic (exact) mass is 441 g/mol. The number of carbonyl (C=O) groups is 2. The molecule has 0 saturated carbocycles. The Hall–Kier alpha value is -2.47. The minimum absolute atomic E-state index is 0.201. The van der Waals surface area contributed by atoms with Crippen molar-refractivity contribution in [1.29, 1.82) is 0 Å². The molecule has 0 bridgehead atoms. The van der Waals surface area contributed by atoms with Crippen LogP contribution in [0, 0.1) is 5.92 Å². The second-order valence-corrected chi connectivity index (χ2v) is 9.11. The molecule has 0 fully saturated rings.